The number of allylic oxidation sites excluding steroid dienone is 1. The highest BCUT2D eigenvalue weighted by Crippen LogP contribution is 2.76. The van der Waals surface area contributed by atoms with Crippen molar-refractivity contribution in [2.24, 2.45) is 50.2 Å². The van der Waals surface area contributed by atoms with Crippen molar-refractivity contribution in [3.8, 4) is 0 Å². The van der Waals surface area contributed by atoms with Crippen LogP contribution in [0.15, 0.2) is 11.6 Å². The highest BCUT2D eigenvalue weighted by Gasteiger charge is 2.74. The second-order valence-corrected chi connectivity index (χ2v) is 22.5. The third kappa shape index (κ3) is 10.2. The molecule has 20 heteroatoms. The van der Waals surface area contributed by atoms with Gasteiger partial charge in [-0.2, -0.15) is 0 Å². The van der Waals surface area contributed by atoms with Crippen LogP contribution in [0.1, 0.15) is 141 Å². The van der Waals surface area contributed by atoms with E-state index in [9.17, 15) is 43.5 Å². The van der Waals surface area contributed by atoms with E-state index in [-0.39, 0.29) is 38.4 Å². The van der Waals surface area contributed by atoms with Crippen molar-refractivity contribution >= 4 is 53.7 Å². The number of ether oxygens (including phenoxy) is 10. The van der Waals surface area contributed by atoms with Gasteiger partial charge in [0.1, 0.15) is 32.0 Å². The van der Waals surface area contributed by atoms with E-state index in [0.29, 0.717) is 32.1 Å². The molecule has 0 radical (unpaired) electrons. The summed E-state index contributed by atoms with van der Waals surface area (Å²) in [6.45, 7) is 18.7. The number of esters is 9. The molecule has 6 rings (SSSR count). The SMILES string of the molecule is CC(=O)OC[C@H]1O[C@@H](OC(=O)[C@]23CCC(C)(C)[C@@H](O)[C@H]2C2=CC[C@H]4[C@@]5(C)C[C@H](OC(C)=O)[C@@H](OC(C)=O)C(COC(C)=O)(COC(C)=O)[C@H]5CC[C@@]4(C)[C@]2(C)CC3)[C@H](OC(C)=O)[C@@H](OC(C)=O)[C@@H]1OC(C)=O. The summed E-state index contributed by atoms with van der Waals surface area (Å²) in [5.74, 6) is -7.99. The average Bonchev–Trinajstić information content (AvgIpc) is 3.25. The second-order valence-electron chi connectivity index (χ2n) is 22.5. The Morgan fingerprint density at radius 1 is 0.597 bits per heavy atom. The number of hydrogen-bond donors (Lipinski definition) is 1. The third-order valence-electron chi connectivity index (χ3n) is 17.6. The molecule has 1 aliphatic heterocycles. The molecule has 0 amide bonds. The van der Waals surface area contributed by atoms with Crippen molar-refractivity contribution in [3.63, 3.8) is 0 Å². The summed E-state index contributed by atoms with van der Waals surface area (Å²) in [5, 5.41) is 12.7. The zero-order valence-corrected chi connectivity index (χ0v) is 43.9. The molecule has 402 valence electrons. The minimum Gasteiger partial charge on any atom is -0.465 e. The van der Waals surface area contributed by atoms with Gasteiger partial charge in [0.05, 0.1) is 16.9 Å². The Balaban J connectivity index is 1.46. The smallest absolute Gasteiger partial charge is 0.315 e. The van der Waals surface area contributed by atoms with Crippen molar-refractivity contribution in [1.29, 1.82) is 0 Å². The van der Waals surface area contributed by atoms with E-state index in [0.717, 1.165) is 33.3 Å². The maximum atomic E-state index is 15.5. The second kappa shape index (κ2) is 20.7. The molecule has 6 aliphatic rings. The lowest BCUT2D eigenvalue weighted by Crippen LogP contribution is -2.71. The molecule has 5 fully saturated rings. The minimum atomic E-state index is -1.78. The molecule has 1 heterocycles. The van der Waals surface area contributed by atoms with Crippen LogP contribution in [-0.2, 0) is 90.5 Å². The maximum absolute atomic E-state index is 15.5. The standard InChI is InChI=1S/C52H74O20/c1-26(53)63-23-36-40(67-30(5)57)41(68-31(6)58)42(69-32(7)59)45(71-36)72-46(62)51-20-18-47(9,10)43(61)39(51)34-14-15-37-48(11)22-35(66-29(4)56)44(70-33(8)60)52(24-64-27(2)54,25-65-28(3)55)38(48)16-17-50(37,13)49(34,12)19-21-51/h14,35-45,61H,15-25H2,1-13H3/t35-,36+,37-,38-,39+,40+,41-,42+,43-,44+,45-,48+,49+,50+,51-/m0/s1. The molecular weight excluding hydrogens is 945 g/mol. The molecule has 15 atom stereocenters. The van der Waals surface area contributed by atoms with Crippen LogP contribution < -0.4 is 0 Å². The zero-order chi connectivity index (χ0) is 53.7. The molecule has 5 aliphatic carbocycles. The van der Waals surface area contributed by atoms with Gasteiger partial charge in [-0.1, -0.05) is 46.3 Å². The van der Waals surface area contributed by atoms with Gasteiger partial charge in [-0.3, -0.25) is 43.2 Å². The molecule has 0 aromatic carbocycles. The first-order valence-electron chi connectivity index (χ1n) is 24.9. The van der Waals surface area contributed by atoms with Gasteiger partial charge in [0.25, 0.3) is 0 Å². The number of fused-ring (bicyclic) bond motifs is 7. The van der Waals surface area contributed by atoms with Gasteiger partial charge in [-0.25, -0.2) is 0 Å². The Kier molecular flexibility index (Phi) is 16.1. The maximum Gasteiger partial charge on any atom is 0.315 e. The number of carbonyl (C=O) groups is 9. The van der Waals surface area contributed by atoms with Crippen LogP contribution in [0.2, 0.25) is 0 Å². The summed E-state index contributed by atoms with van der Waals surface area (Å²) >= 11 is 0. The van der Waals surface area contributed by atoms with Crippen LogP contribution >= 0.6 is 0 Å². The van der Waals surface area contributed by atoms with Crippen LogP contribution in [0.25, 0.3) is 0 Å². The molecule has 0 bridgehead atoms. The van der Waals surface area contributed by atoms with Crippen LogP contribution in [0.5, 0.6) is 0 Å². The first-order valence-corrected chi connectivity index (χ1v) is 24.9. The molecular formula is C52H74O20. The van der Waals surface area contributed by atoms with Crippen LogP contribution in [0, 0.1) is 50.2 Å². The van der Waals surface area contributed by atoms with E-state index in [1.54, 1.807) is 0 Å². The van der Waals surface area contributed by atoms with Crippen molar-refractivity contribution in [2.45, 2.75) is 190 Å². The fraction of sp³-hybridized carbons (Fsp3) is 0.788. The first kappa shape index (κ1) is 56.2. The number of aliphatic hydroxyl groups is 1. The van der Waals surface area contributed by atoms with Gasteiger partial charge >= 0.3 is 53.7 Å². The molecule has 20 nitrogen and oxygen atoms in total. The highest BCUT2D eigenvalue weighted by molar-refractivity contribution is 5.79. The first-order chi connectivity index (χ1) is 33.4. The monoisotopic (exact) mass is 1020 g/mol. The predicted molar refractivity (Wildman–Crippen MR) is 247 cm³/mol. The third-order valence-corrected chi connectivity index (χ3v) is 17.6. The van der Waals surface area contributed by atoms with Gasteiger partial charge in [0.15, 0.2) is 18.3 Å². The van der Waals surface area contributed by atoms with Gasteiger partial charge in [0, 0.05) is 61.3 Å². The lowest BCUT2D eigenvalue weighted by Gasteiger charge is -2.72. The zero-order valence-electron chi connectivity index (χ0n) is 43.9. The Bertz CT molecular complexity index is 2200. The Hall–Kier alpha value is -5.11. The lowest BCUT2D eigenvalue weighted by atomic mass is 9.33. The summed E-state index contributed by atoms with van der Waals surface area (Å²) in [5.41, 5.74) is -4.60. The molecule has 4 saturated carbocycles. The largest absolute Gasteiger partial charge is 0.465 e. The van der Waals surface area contributed by atoms with Gasteiger partial charge in [-0.15, -0.1) is 0 Å². The van der Waals surface area contributed by atoms with Gasteiger partial charge in [-0.05, 0) is 84.9 Å². The Morgan fingerprint density at radius 3 is 1.67 bits per heavy atom. The quantitative estimate of drug-likeness (QED) is 0.145. The van der Waals surface area contributed by atoms with Gasteiger partial charge in [0.2, 0.25) is 12.4 Å². The van der Waals surface area contributed by atoms with E-state index >= 15 is 4.79 Å². The minimum absolute atomic E-state index is 0.200. The molecule has 72 heavy (non-hydrogen) atoms. The van der Waals surface area contributed by atoms with E-state index < -0.39 is 154 Å². The van der Waals surface area contributed by atoms with Crippen molar-refractivity contribution in [2.75, 3.05) is 19.8 Å². The van der Waals surface area contributed by atoms with E-state index in [2.05, 4.69) is 26.8 Å². The van der Waals surface area contributed by atoms with E-state index in [1.807, 2.05) is 13.8 Å². The molecule has 0 spiro atoms. The molecule has 1 N–H and O–H groups in total. The van der Waals surface area contributed by atoms with Crippen molar-refractivity contribution < 1.29 is 95.6 Å². The Morgan fingerprint density at radius 2 is 1.12 bits per heavy atom. The van der Waals surface area contributed by atoms with Gasteiger partial charge < -0.3 is 52.5 Å². The topological polar surface area (TPSA) is 266 Å². The number of hydrogen-bond acceptors (Lipinski definition) is 20. The molecule has 0 aromatic heterocycles. The molecule has 0 unspecified atom stereocenters. The molecule has 1 saturated heterocycles. The van der Waals surface area contributed by atoms with Crippen molar-refractivity contribution in [1.82, 2.24) is 0 Å². The van der Waals surface area contributed by atoms with E-state index in [1.165, 1.54) is 27.7 Å². The number of aliphatic hydroxyl groups excluding tert-OH is 1. The average molecular weight is 1020 g/mol. The summed E-state index contributed by atoms with van der Waals surface area (Å²) in [6.07, 6.45) is -6.01. The predicted octanol–water partition coefficient (Wildman–Crippen LogP) is 4.94. The summed E-state index contributed by atoms with van der Waals surface area (Å²) in [6, 6.07) is 0. The fourth-order valence-corrected chi connectivity index (χ4v) is 14.4. The lowest BCUT2D eigenvalue weighted by molar-refractivity contribution is -0.305. The molecule has 0 aromatic rings. The van der Waals surface area contributed by atoms with E-state index in [4.69, 9.17) is 47.4 Å². The summed E-state index contributed by atoms with van der Waals surface area (Å²) in [4.78, 5) is 116. The fourth-order valence-electron chi connectivity index (χ4n) is 14.4. The van der Waals surface area contributed by atoms with Crippen LogP contribution in [0.3, 0.4) is 0 Å². The van der Waals surface area contributed by atoms with Crippen LogP contribution in [0.4, 0.5) is 0 Å². The number of carbonyl (C=O) groups excluding carboxylic acids is 9. The van der Waals surface area contributed by atoms with Crippen LogP contribution in [-0.4, -0.2) is 128 Å². The number of rotatable bonds is 13. The normalized spacial score (nSPS) is 38.1. The summed E-state index contributed by atoms with van der Waals surface area (Å²) in [7, 11) is 0. The Labute approximate surface area is 420 Å². The summed E-state index contributed by atoms with van der Waals surface area (Å²) < 4.78 is 58.3. The van der Waals surface area contributed by atoms with Crippen molar-refractivity contribution in [3.05, 3.63) is 11.6 Å². The highest BCUT2D eigenvalue weighted by atomic mass is 16.7.